The molecule has 0 radical (unpaired) electrons. The third-order valence-electron chi connectivity index (χ3n) is 4.92. The zero-order chi connectivity index (χ0) is 12.8. The highest BCUT2D eigenvalue weighted by molar-refractivity contribution is 5.06. The number of piperazine rings is 3. The van der Waals surface area contributed by atoms with Crippen molar-refractivity contribution in [3.8, 4) is 0 Å². The van der Waals surface area contributed by atoms with Gasteiger partial charge < -0.3 is 10.3 Å². The van der Waals surface area contributed by atoms with Gasteiger partial charge in [0.2, 0.25) is 5.89 Å². The van der Waals surface area contributed by atoms with Gasteiger partial charge in [0.15, 0.2) is 5.82 Å². The van der Waals surface area contributed by atoms with E-state index in [1.165, 1.54) is 19.5 Å². The molecule has 1 aliphatic carbocycles. The lowest BCUT2D eigenvalue weighted by Crippen LogP contribution is -2.57. The van der Waals surface area contributed by atoms with Crippen LogP contribution in [0.4, 0.5) is 0 Å². The lowest BCUT2D eigenvalue weighted by Gasteiger charge is -2.46. The van der Waals surface area contributed by atoms with Gasteiger partial charge in [-0.1, -0.05) is 11.6 Å². The Morgan fingerprint density at radius 1 is 1.16 bits per heavy atom. The SMILES string of the molecule is NC1CCCC1c1nc(C2CN3CCN2CC3)no1. The molecule has 4 aliphatic rings. The largest absolute Gasteiger partial charge is 0.339 e. The van der Waals surface area contributed by atoms with E-state index in [2.05, 4.69) is 19.9 Å². The molecule has 4 fully saturated rings. The molecule has 0 aromatic carbocycles. The van der Waals surface area contributed by atoms with Crippen LogP contribution >= 0.6 is 0 Å². The third-order valence-corrected chi connectivity index (χ3v) is 4.92. The highest BCUT2D eigenvalue weighted by Gasteiger charge is 2.37. The van der Waals surface area contributed by atoms with E-state index < -0.39 is 0 Å². The Morgan fingerprint density at radius 3 is 2.63 bits per heavy atom. The van der Waals surface area contributed by atoms with Crippen molar-refractivity contribution in [1.82, 2.24) is 19.9 Å². The molecule has 6 nitrogen and oxygen atoms in total. The van der Waals surface area contributed by atoms with Crippen LogP contribution in [0.15, 0.2) is 4.52 Å². The molecular formula is C13H21N5O. The Kier molecular flexibility index (Phi) is 2.82. The van der Waals surface area contributed by atoms with Gasteiger partial charge in [0.05, 0.1) is 12.0 Å². The highest BCUT2D eigenvalue weighted by Crippen LogP contribution is 2.34. The van der Waals surface area contributed by atoms with Crippen LogP contribution in [0.5, 0.6) is 0 Å². The average molecular weight is 263 g/mol. The first kappa shape index (κ1) is 11.8. The second-order valence-corrected chi connectivity index (χ2v) is 6.04. The maximum atomic E-state index is 6.11. The van der Waals surface area contributed by atoms with E-state index in [0.29, 0.717) is 6.04 Å². The number of rotatable bonds is 2. The van der Waals surface area contributed by atoms with Gasteiger partial charge in [0, 0.05) is 38.8 Å². The third kappa shape index (κ3) is 1.98. The van der Waals surface area contributed by atoms with Crippen LogP contribution in [0, 0.1) is 0 Å². The second-order valence-electron chi connectivity index (χ2n) is 6.04. The van der Waals surface area contributed by atoms with Crippen molar-refractivity contribution >= 4 is 0 Å². The van der Waals surface area contributed by atoms with E-state index in [4.69, 9.17) is 10.3 Å². The van der Waals surface area contributed by atoms with Gasteiger partial charge in [-0.15, -0.1) is 0 Å². The fourth-order valence-corrected chi connectivity index (χ4v) is 3.69. The number of aromatic nitrogens is 2. The summed E-state index contributed by atoms with van der Waals surface area (Å²) in [5, 5.41) is 4.23. The Morgan fingerprint density at radius 2 is 2.00 bits per heavy atom. The van der Waals surface area contributed by atoms with Gasteiger partial charge in [-0.2, -0.15) is 4.98 Å². The lowest BCUT2D eigenvalue weighted by molar-refractivity contribution is 0.00781. The van der Waals surface area contributed by atoms with Crippen LogP contribution in [-0.4, -0.2) is 58.7 Å². The molecule has 1 saturated carbocycles. The monoisotopic (exact) mass is 263 g/mol. The normalized spacial score (nSPS) is 41.8. The smallest absolute Gasteiger partial charge is 0.231 e. The van der Waals surface area contributed by atoms with E-state index in [0.717, 1.165) is 44.2 Å². The highest BCUT2D eigenvalue weighted by atomic mass is 16.5. The molecule has 1 aromatic heterocycles. The maximum absolute atomic E-state index is 6.11. The van der Waals surface area contributed by atoms with E-state index in [1.54, 1.807) is 0 Å². The van der Waals surface area contributed by atoms with Gasteiger partial charge in [-0.25, -0.2) is 0 Å². The molecule has 4 heterocycles. The zero-order valence-corrected chi connectivity index (χ0v) is 11.2. The van der Waals surface area contributed by atoms with E-state index in [1.807, 2.05) is 0 Å². The standard InChI is InChI=1S/C13H21N5O/c14-10-3-1-2-9(10)13-15-12(16-19-13)11-8-17-4-6-18(11)7-5-17/h9-11H,1-8,14H2. The average Bonchev–Trinajstić information content (AvgIpc) is 3.08. The number of fused-ring (bicyclic) bond motifs is 3. The van der Waals surface area contributed by atoms with Crippen LogP contribution in [-0.2, 0) is 0 Å². The van der Waals surface area contributed by atoms with Crippen molar-refractivity contribution in [2.75, 3.05) is 32.7 Å². The second kappa shape index (κ2) is 4.54. The fourth-order valence-electron chi connectivity index (χ4n) is 3.69. The predicted molar refractivity (Wildman–Crippen MR) is 69.6 cm³/mol. The molecule has 0 amide bonds. The van der Waals surface area contributed by atoms with Crippen molar-refractivity contribution in [2.45, 2.75) is 37.3 Å². The minimum absolute atomic E-state index is 0.195. The topological polar surface area (TPSA) is 71.4 Å². The summed E-state index contributed by atoms with van der Waals surface area (Å²) < 4.78 is 5.49. The van der Waals surface area contributed by atoms with Gasteiger partial charge >= 0.3 is 0 Å². The summed E-state index contributed by atoms with van der Waals surface area (Å²) >= 11 is 0. The molecule has 6 heteroatoms. The van der Waals surface area contributed by atoms with Gasteiger partial charge in [0.1, 0.15) is 0 Å². The Hall–Kier alpha value is -0.980. The maximum Gasteiger partial charge on any atom is 0.231 e. The summed E-state index contributed by atoms with van der Waals surface area (Å²) in [6, 6.07) is 0.512. The lowest BCUT2D eigenvalue weighted by atomic mass is 10.0. The molecule has 1 aromatic rings. The number of hydrogen-bond acceptors (Lipinski definition) is 6. The van der Waals surface area contributed by atoms with E-state index in [-0.39, 0.29) is 12.0 Å². The zero-order valence-electron chi connectivity index (χ0n) is 11.2. The summed E-state index contributed by atoms with van der Waals surface area (Å²) in [5.41, 5.74) is 6.11. The molecule has 19 heavy (non-hydrogen) atoms. The molecule has 2 N–H and O–H groups in total. The minimum atomic E-state index is 0.195. The summed E-state index contributed by atoms with van der Waals surface area (Å²) in [5.74, 6) is 1.90. The summed E-state index contributed by atoms with van der Waals surface area (Å²) in [7, 11) is 0. The molecule has 2 bridgehead atoms. The molecule has 3 aliphatic heterocycles. The fraction of sp³-hybridized carbons (Fsp3) is 0.846. The molecule has 3 unspecified atom stereocenters. The van der Waals surface area contributed by atoms with Crippen LogP contribution < -0.4 is 5.73 Å². The van der Waals surface area contributed by atoms with Crippen LogP contribution in [0.1, 0.15) is 42.9 Å². The van der Waals surface area contributed by atoms with Gasteiger partial charge in [-0.3, -0.25) is 9.80 Å². The van der Waals surface area contributed by atoms with E-state index in [9.17, 15) is 0 Å². The van der Waals surface area contributed by atoms with Crippen LogP contribution in [0.25, 0.3) is 0 Å². The summed E-state index contributed by atoms with van der Waals surface area (Å²) in [4.78, 5) is 9.62. The molecular weight excluding hydrogens is 242 g/mol. The Balaban J connectivity index is 1.55. The predicted octanol–water partition coefficient (Wildman–Crippen LogP) is 0.337. The first-order chi connectivity index (χ1) is 9.31. The van der Waals surface area contributed by atoms with Crippen LogP contribution in [0.3, 0.4) is 0 Å². The Bertz CT molecular complexity index is 454. The van der Waals surface area contributed by atoms with Crippen molar-refractivity contribution in [3.05, 3.63) is 11.7 Å². The number of nitrogens with zero attached hydrogens (tertiary/aromatic N) is 4. The minimum Gasteiger partial charge on any atom is -0.339 e. The van der Waals surface area contributed by atoms with Crippen LogP contribution in [0.2, 0.25) is 0 Å². The first-order valence-electron chi connectivity index (χ1n) is 7.37. The number of hydrogen-bond donors (Lipinski definition) is 1. The quantitative estimate of drug-likeness (QED) is 0.829. The molecule has 3 saturated heterocycles. The number of nitrogens with two attached hydrogens (primary N) is 1. The van der Waals surface area contributed by atoms with Gasteiger partial charge in [-0.05, 0) is 12.8 Å². The first-order valence-corrected chi connectivity index (χ1v) is 7.37. The van der Waals surface area contributed by atoms with Crippen molar-refractivity contribution < 1.29 is 4.52 Å². The summed E-state index contributed by atoms with van der Waals surface area (Å²) in [6.45, 7) is 5.63. The molecule has 104 valence electrons. The van der Waals surface area contributed by atoms with E-state index >= 15 is 0 Å². The van der Waals surface area contributed by atoms with Crippen molar-refractivity contribution in [1.29, 1.82) is 0 Å². The molecule has 0 spiro atoms. The summed E-state index contributed by atoms with van der Waals surface area (Å²) in [6.07, 6.45) is 3.34. The molecule has 5 rings (SSSR count). The van der Waals surface area contributed by atoms with Gasteiger partial charge in [0.25, 0.3) is 0 Å². The Labute approximate surface area is 112 Å². The van der Waals surface area contributed by atoms with Crippen molar-refractivity contribution in [3.63, 3.8) is 0 Å². The van der Waals surface area contributed by atoms with Crippen molar-refractivity contribution in [2.24, 2.45) is 5.73 Å². The molecule has 3 atom stereocenters.